The van der Waals surface area contributed by atoms with Crippen molar-refractivity contribution in [3.05, 3.63) is 112 Å². The smallest absolute Gasteiger partial charge is 0.261 e. The first-order chi connectivity index (χ1) is 18.0. The molecule has 1 atom stereocenters. The highest BCUT2D eigenvalue weighted by atomic mass is 29.7. The zero-order chi connectivity index (χ0) is 29.0. The topological polar surface area (TPSA) is 18.5 Å². The first-order valence-corrected chi connectivity index (χ1v) is 28.6. The average Bonchev–Trinajstić information content (AvgIpc) is 2.78. The predicted molar refractivity (Wildman–Crippen MR) is 179 cm³/mol. The normalized spacial score (nSPS) is 19.3. The van der Waals surface area contributed by atoms with Crippen molar-refractivity contribution in [1.82, 2.24) is 0 Å². The Morgan fingerprint density at radius 1 is 0.667 bits per heavy atom. The predicted octanol–water partition coefficient (Wildman–Crippen LogP) is 9.47. The highest BCUT2D eigenvalue weighted by Gasteiger charge is 2.81. The maximum absolute atomic E-state index is 7.84. The van der Waals surface area contributed by atoms with E-state index in [9.17, 15) is 0 Å². The van der Waals surface area contributed by atoms with E-state index in [1.807, 2.05) is 0 Å². The van der Waals surface area contributed by atoms with Crippen LogP contribution in [-0.2, 0) is 14.1 Å². The Hall–Kier alpha value is -1.97. The van der Waals surface area contributed by atoms with Gasteiger partial charge in [-0.3, -0.25) is 0 Å². The number of aryl methyl sites for hydroxylation is 3. The third kappa shape index (κ3) is 4.93. The summed E-state index contributed by atoms with van der Waals surface area (Å²) < 4.78 is 15.6. The van der Waals surface area contributed by atoms with Crippen molar-refractivity contribution in [2.24, 2.45) is 0 Å². The Morgan fingerprint density at radius 2 is 1.08 bits per heavy atom. The van der Waals surface area contributed by atoms with Crippen LogP contribution in [0.5, 0.6) is 0 Å². The quantitative estimate of drug-likeness (QED) is 0.256. The summed E-state index contributed by atoms with van der Waals surface area (Å²) in [5.41, 5.74) is 8.94. The maximum Gasteiger partial charge on any atom is 0.261 e. The molecule has 39 heavy (non-hydrogen) atoms. The molecule has 4 rings (SSSR count). The third-order valence-electron chi connectivity index (χ3n) is 8.02. The van der Waals surface area contributed by atoms with Gasteiger partial charge in [-0.1, -0.05) is 118 Å². The lowest BCUT2D eigenvalue weighted by molar-refractivity contribution is 0.0590. The first-order valence-electron chi connectivity index (χ1n) is 14.3. The van der Waals surface area contributed by atoms with Crippen LogP contribution in [0.3, 0.4) is 0 Å². The molecular formula is C33H48O2Si4. The maximum atomic E-state index is 7.84. The molecule has 0 aliphatic carbocycles. The van der Waals surface area contributed by atoms with E-state index in [0.29, 0.717) is 0 Å². The van der Waals surface area contributed by atoms with Crippen molar-refractivity contribution < 1.29 is 8.85 Å². The zero-order valence-electron chi connectivity index (χ0n) is 26.2. The number of rotatable bonds is 7. The summed E-state index contributed by atoms with van der Waals surface area (Å²) in [4.78, 5) is 0. The molecule has 1 unspecified atom stereocenters. The van der Waals surface area contributed by atoms with Crippen LogP contribution in [0, 0.1) is 20.8 Å². The molecule has 0 spiro atoms. The molecule has 1 heterocycles. The number of hydrogen-bond acceptors (Lipinski definition) is 2. The van der Waals surface area contributed by atoms with Gasteiger partial charge < -0.3 is 8.85 Å². The SMILES string of the molecule is Cc1cc(C)c(C2(O[Si](C)(C)C)C(=C(c3ccccc3)c3ccccc3)O[Si]2([Si](C)(C)C)[Si](C)(C)C)c(C)c1. The van der Waals surface area contributed by atoms with E-state index in [4.69, 9.17) is 8.85 Å². The minimum absolute atomic E-state index is 0.519. The van der Waals surface area contributed by atoms with Gasteiger partial charge in [0.25, 0.3) is 7.35 Å². The molecule has 2 nitrogen and oxygen atoms in total. The fourth-order valence-corrected chi connectivity index (χ4v) is 54.9. The lowest BCUT2D eigenvalue weighted by Crippen LogP contribution is -2.90. The first kappa shape index (κ1) is 30.0. The molecule has 3 aromatic carbocycles. The summed E-state index contributed by atoms with van der Waals surface area (Å²) in [6.45, 7) is 29.2. The van der Waals surface area contributed by atoms with Crippen LogP contribution in [0.1, 0.15) is 33.4 Å². The van der Waals surface area contributed by atoms with Crippen molar-refractivity contribution in [2.75, 3.05) is 0 Å². The van der Waals surface area contributed by atoms with E-state index in [0.717, 1.165) is 5.76 Å². The van der Waals surface area contributed by atoms with Crippen molar-refractivity contribution in [3.8, 4) is 0 Å². The van der Waals surface area contributed by atoms with Gasteiger partial charge >= 0.3 is 0 Å². The van der Waals surface area contributed by atoms with Crippen LogP contribution < -0.4 is 0 Å². The van der Waals surface area contributed by atoms with Crippen molar-refractivity contribution in [1.29, 1.82) is 0 Å². The van der Waals surface area contributed by atoms with Crippen LogP contribution >= 0.6 is 0 Å². The Kier molecular flexibility index (Phi) is 7.80. The van der Waals surface area contributed by atoms with Crippen LogP contribution in [0.4, 0.5) is 0 Å². The zero-order valence-corrected chi connectivity index (χ0v) is 30.2. The monoisotopic (exact) mass is 588 g/mol. The Balaban J connectivity index is 2.30. The molecule has 0 saturated carbocycles. The molecule has 1 aliphatic rings. The Bertz CT molecular complexity index is 1300. The van der Waals surface area contributed by atoms with Gasteiger partial charge in [-0.05, 0) is 68.2 Å². The summed E-state index contributed by atoms with van der Waals surface area (Å²) in [6.07, 6.45) is 0. The summed E-state index contributed by atoms with van der Waals surface area (Å²) in [7, 11) is -8.36. The molecule has 1 saturated heterocycles. The summed E-state index contributed by atoms with van der Waals surface area (Å²) >= 11 is 0. The molecule has 3 aromatic rings. The van der Waals surface area contributed by atoms with Gasteiger partial charge in [0, 0.05) is 5.57 Å². The molecule has 0 radical (unpaired) electrons. The van der Waals surface area contributed by atoms with Gasteiger partial charge in [0.1, 0.15) is 5.76 Å². The van der Waals surface area contributed by atoms with Gasteiger partial charge in [-0.2, -0.15) is 0 Å². The molecule has 1 aliphatic heterocycles. The van der Waals surface area contributed by atoms with E-state index < -0.39 is 36.1 Å². The van der Waals surface area contributed by atoms with E-state index in [2.05, 4.69) is 152 Å². The summed E-state index contributed by atoms with van der Waals surface area (Å²) in [5.74, 6) is 1.06. The van der Waals surface area contributed by atoms with Crippen LogP contribution in [0.15, 0.2) is 78.6 Å². The standard InChI is InChI=1S/C33H48O2Si4/c1-25-23-26(2)31(27(3)24-25)33(35-36(4,5)6)32(34-39(33,37(7,8)9)38(10,11)12)30(28-19-15-13-16-20-28)29-21-17-14-18-22-29/h13-24H,1-12H3. The number of benzene rings is 3. The molecule has 1 fully saturated rings. The van der Waals surface area contributed by atoms with Crippen molar-refractivity contribution >= 4 is 36.4 Å². The van der Waals surface area contributed by atoms with Crippen molar-refractivity contribution in [3.63, 3.8) is 0 Å². The van der Waals surface area contributed by atoms with E-state index >= 15 is 0 Å². The van der Waals surface area contributed by atoms with Gasteiger partial charge in [0.15, 0.2) is 13.5 Å². The fraction of sp³-hybridized carbons (Fsp3) is 0.394. The highest BCUT2D eigenvalue weighted by molar-refractivity contribution is 7.68. The van der Waals surface area contributed by atoms with Crippen LogP contribution in [-0.4, -0.2) is 30.9 Å². The Labute approximate surface area is 241 Å². The van der Waals surface area contributed by atoms with E-state index in [1.165, 1.54) is 39.0 Å². The molecule has 0 amide bonds. The molecule has 0 aromatic heterocycles. The van der Waals surface area contributed by atoms with Gasteiger partial charge in [-0.15, -0.1) is 0 Å². The molecule has 0 bridgehead atoms. The summed E-state index contributed by atoms with van der Waals surface area (Å²) in [6, 6.07) is 26.4. The second-order valence-electron chi connectivity index (χ2n) is 14.4. The molecule has 0 N–H and O–H groups in total. The number of hydrogen-bond donors (Lipinski definition) is 0. The lowest BCUT2D eigenvalue weighted by Gasteiger charge is -2.69. The van der Waals surface area contributed by atoms with E-state index in [1.54, 1.807) is 0 Å². The molecule has 6 heteroatoms. The minimum Gasteiger partial charge on any atom is -0.546 e. The van der Waals surface area contributed by atoms with Crippen LogP contribution in [0.25, 0.3) is 5.57 Å². The second-order valence-corrected chi connectivity index (χ2v) is 44.8. The summed E-state index contributed by atoms with van der Waals surface area (Å²) in [5, 5.41) is -0.519. The van der Waals surface area contributed by atoms with Crippen LogP contribution in [0.2, 0.25) is 58.9 Å². The molecule has 208 valence electrons. The minimum atomic E-state index is -2.52. The van der Waals surface area contributed by atoms with Crippen molar-refractivity contribution in [2.45, 2.75) is 84.9 Å². The van der Waals surface area contributed by atoms with Gasteiger partial charge in [-0.25, -0.2) is 0 Å². The van der Waals surface area contributed by atoms with E-state index in [-0.39, 0.29) is 0 Å². The van der Waals surface area contributed by atoms with Gasteiger partial charge in [0.2, 0.25) is 0 Å². The third-order valence-corrected chi connectivity index (χ3v) is 44.4. The van der Waals surface area contributed by atoms with Gasteiger partial charge in [0.05, 0.1) is 15.2 Å². The lowest BCUT2D eigenvalue weighted by atomic mass is 9.89. The fourth-order valence-electron chi connectivity index (χ4n) is 7.42. The Morgan fingerprint density at radius 3 is 1.44 bits per heavy atom. The largest absolute Gasteiger partial charge is 0.546 e. The highest BCUT2D eigenvalue weighted by Crippen LogP contribution is 2.63. The molecular weight excluding hydrogens is 541 g/mol. The average molecular weight is 589 g/mol. The second kappa shape index (κ2) is 10.1.